The van der Waals surface area contributed by atoms with Crippen LogP contribution < -0.4 is 5.32 Å². The Balaban J connectivity index is 2.00. The van der Waals surface area contributed by atoms with Crippen molar-refractivity contribution >= 4 is 5.91 Å². The van der Waals surface area contributed by atoms with E-state index in [0.29, 0.717) is 6.54 Å². The highest BCUT2D eigenvalue weighted by Crippen LogP contribution is 2.51. The van der Waals surface area contributed by atoms with E-state index in [1.54, 1.807) is 12.1 Å². The summed E-state index contributed by atoms with van der Waals surface area (Å²) in [5.74, 6) is 0.725. The van der Waals surface area contributed by atoms with Crippen LogP contribution in [0.25, 0.3) is 0 Å². The molecule has 3 nitrogen and oxygen atoms in total. The fourth-order valence-electron chi connectivity index (χ4n) is 3.48. The minimum absolute atomic E-state index is 0.201. The van der Waals surface area contributed by atoms with Gasteiger partial charge in [0.15, 0.2) is 0 Å². The summed E-state index contributed by atoms with van der Waals surface area (Å²) in [6.07, 6.45) is 4.25. The lowest BCUT2D eigenvalue weighted by Crippen LogP contribution is -2.31. The van der Waals surface area contributed by atoms with Crippen molar-refractivity contribution in [2.24, 2.45) is 5.41 Å². The SMILES string of the molecule is O=C1NC[C@H](c2cccc(O)c2)C12CCCC2. The molecule has 1 saturated carbocycles. The molecule has 1 aromatic carbocycles. The Morgan fingerprint density at radius 1 is 1.29 bits per heavy atom. The van der Waals surface area contributed by atoms with Gasteiger partial charge in [-0.25, -0.2) is 0 Å². The monoisotopic (exact) mass is 231 g/mol. The molecule has 0 aromatic heterocycles. The largest absolute Gasteiger partial charge is 0.508 e. The highest BCUT2D eigenvalue weighted by molar-refractivity contribution is 5.86. The van der Waals surface area contributed by atoms with Crippen molar-refractivity contribution in [1.29, 1.82) is 0 Å². The van der Waals surface area contributed by atoms with Gasteiger partial charge >= 0.3 is 0 Å². The Bertz CT molecular complexity index is 449. The molecule has 1 amide bonds. The lowest BCUT2D eigenvalue weighted by Gasteiger charge is -2.27. The van der Waals surface area contributed by atoms with Crippen molar-refractivity contribution < 1.29 is 9.90 Å². The van der Waals surface area contributed by atoms with Crippen LogP contribution in [0.4, 0.5) is 0 Å². The first-order valence-electron chi connectivity index (χ1n) is 6.30. The number of rotatable bonds is 1. The molecule has 1 atom stereocenters. The van der Waals surface area contributed by atoms with Crippen molar-refractivity contribution in [3.8, 4) is 5.75 Å². The maximum absolute atomic E-state index is 12.1. The number of hydrogen-bond acceptors (Lipinski definition) is 2. The summed E-state index contributed by atoms with van der Waals surface area (Å²) in [5, 5.41) is 12.6. The van der Waals surface area contributed by atoms with E-state index >= 15 is 0 Å². The molecular weight excluding hydrogens is 214 g/mol. The standard InChI is InChI=1S/C14H17NO2/c16-11-5-3-4-10(8-11)12-9-15-13(17)14(12)6-1-2-7-14/h3-5,8,12,16H,1-2,6-7,9H2,(H,15,17)/t12-/m1/s1. The van der Waals surface area contributed by atoms with Crippen LogP contribution in [0.5, 0.6) is 5.75 Å². The molecule has 2 fully saturated rings. The van der Waals surface area contributed by atoms with Gasteiger partial charge in [-0.2, -0.15) is 0 Å². The molecule has 1 aliphatic heterocycles. The third-order valence-electron chi connectivity index (χ3n) is 4.35. The van der Waals surface area contributed by atoms with Gasteiger partial charge in [0, 0.05) is 12.5 Å². The van der Waals surface area contributed by atoms with Gasteiger partial charge in [-0.3, -0.25) is 4.79 Å². The number of phenols is 1. The first-order valence-corrected chi connectivity index (χ1v) is 6.30. The zero-order valence-corrected chi connectivity index (χ0v) is 9.78. The summed E-state index contributed by atoms with van der Waals surface area (Å²) >= 11 is 0. The average molecular weight is 231 g/mol. The van der Waals surface area contributed by atoms with Crippen LogP contribution >= 0.6 is 0 Å². The van der Waals surface area contributed by atoms with Gasteiger partial charge in [0.1, 0.15) is 5.75 Å². The van der Waals surface area contributed by atoms with Crippen LogP contribution in [0.15, 0.2) is 24.3 Å². The van der Waals surface area contributed by atoms with Crippen molar-refractivity contribution in [2.75, 3.05) is 6.54 Å². The molecule has 17 heavy (non-hydrogen) atoms. The average Bonchev–Trinajstić information content (AvgIpc) is 2.90. The van der Waals surface area contributed by atoms with Gasteiger partial charge < -0.3 is 10.4 Å². The zero-order valence-electron chi connectivity index (χ0n) is 9.78. The molecule has 1 spiro atoms. The number of carbonyl (C=O) groups is 1. The Kier molecular flexibility index (Phi) is 2.35. The predicted octanol–water partition coefficient (Wildman–Crippen LogP) is 2.17. The fourth-order valence-corrected chi connectivity index (χ4v) is 3.48. The third-order valence-corrected chi connectivity index (χ3v) is 4.35. The van der Waals surface area contributed by atoms with Gasteiger partial charge in [0.2, 0.25) is 5.91 Å². The summed E-state index contributed by atoms with van der Waals surface area (Å²) in [7, 11) is 0. The van der Waals surface area contributed by atoms with Gasteiger partial charge in [0.25, 0.3) is 0 Å². The number of nitrogens with one attached hydrogen (secondary N) is 1. The van der Waals surface area contributed by atoms with Crippen molar-refractivity contribution in [2.45, 2.75) is 31.6 Å². The molecule has 1 aromatic rings. The van der Waals surface area contributed by atoms with Gasteiger partial charge in [-0.15, -0.1) is 0 Å². The minimum Gasteiger partial charge on any atom is -0.508 e. The Hall–Kier alpha value is -1.51. The van der Waals surface area contributed by atoms with E-state index in [2.05, 4.69) is 5.32 Å². The lowest BCUT2D eigenvalue weighted by atomic mass is 9.73. The number of carbonyl (C=O) groups excluding carboxylic acids is 1. The van der Waals surface area contributed by atoms with E-state index in [4.69, 9.17) is 0 Å². The van der Waals surface area contributed by atoms with Crippen LogP contribution in [0, 0.1) is 5.41 Å². The van der Waals surface area contributed by atoms with E-state index in [9.17, 15) is 9.90 Å². The maximum Gasteiger partial charge on any atom is 0.226 e. The third kappa shape index (κ3) is 1.53. The van der Waals surface area contributed by atoms with Crippen LogP contribution in [-0.2, 0) is 4.79 Å². The smallest absolute Gasteiger partial charge is 0.226 e. The summed E-state index contributed by atoms with van der Waals surface area (Å²) < 4.78 is 0. The predicted molar refractivity (Wildman–Crippen MR) is 64.8 cm³/mol. The number of phenolic OH excluding ortho intramolecular Hbond substituents is 1. The van der Waals surface area contributed by atoms with Crippen LogP contribution in [0.2, 0.25) is 0 Å². The number of amides is 1. The second-order valence-corrected chi connectivity index (χ2v) is 5.22. The van der Waals surface area contributed by atoms with Crippen LogP contribution in [0.3, 0.4) is 0 Å². The van der Waals surface area contributed by atoms with Crippen molar-refractivity contribution in [1.82, 2.24) is 5.32 Å². The minimum atomic E-state index is -0.201. The quantitative estimate of drug-likeness (QED) is 0.778. The molecule has 3 rings (SSSR count). The molecule has 1 heterocycles. The molecule has 3 heteroatoms. The number of aromatic hydroxyl groups is 1. The normalized spacial score (nSPS) is 26.4. The molecule has 0 unspecified atom stereocenters. The van der Waals surface area contributed by atoms with Crippen LogP contribution in [0.1, 0.15) is 37.2 Å². The second kappa shape index (κ2) is 3.76. The Labute approximate surface area is 101 Å². The first-order chi connectivity index (χ1) is 8.22. The highest BCUT2D eigenvalue weighted by Gasteiger charge is 2.51. The van der Waals surface area contributed by atoms with E-state index in [0.717, 1.165) is 31.2 Å². The second-order valence-electron chi connectivity index (χ2n) is 5.22. The summed E-state index contributed by atoms with van der Waals surface area (Å²) in [6.45, 7) is 0.711. The molecular formula is C14H17NO2. The van der Waals surface area contributed by atoms with E-state index < -0.39 is 0 Å². The molecule has 90 valence electrons. The summed E-state index contributed by atoms with van der Waals surface area (Å²) in [5.41, 5.74) is 0.888. The van der Waals surface area contributed by atoms with Crippen molar-refractivity contribution in [3.63, 3.8) is 0 Å². The van der Waals surface area contributed by atoms with Gasteiger partial charge in [0.05, 0.1) is 5.41 Å². The molecule has 1 aliphatic carbocycles. The molecule has 2 aliphatic rings. The van der Waals surface area contributed by atoms with E-state index in [1.165, 1.54) is 0 Å². The first kappa shape index (κ1) is 10.6. The van der Waals surface area contributed by atoms with Crippen LogP contribution in [-0.4, -0.2) is 17.6 Å². The molecule has 0 radical (unpaired) electrons. The molecule has 0 bridgehead atoms. The fraction of sp³-hybridized carbons (Fsp3) is 0.500. The molecule has 1 saturated heterocycles. The summed E-state index contributed by atoms with van der Waals surface area (Å²) in [4.78, 5) is 12.1. The molecule has 2 N–H and O–H groups in total. The Morgan fingerprint density at radius 2 is 2.06 bits per heavy atom. The van der Waals surface area contributed by atoms with Crippen molar-refractivity contribution in [3.05, 3.63) is 29.8 Å². The van der Waals surface area contributed by atoms with Gasteiger partial charge in [-0.1, -0.05) is 25.0 Å². The summed E-state index contributed by atoms with van der Waals surface area (Å²) in [6, 6.07) is 7.35. The van der Waals surface area contributed by atoms with E-state index in [1.807, 2.05) is 12.1 Å². The number of hydrogen-bond donors (Lipinski definition) is 2. The lowest BCUT2D eigenvalue weighted by molar-refractivity contribution is -0.127. The highest BCUT2D eigenvalue weighted by atomic mass is 16.3. The van der Waals surface area contributed by atoms with E-state index in [-0.39, 0.29) is 23.0 Å². The van der Waals surface area contributed by atoms with Gasteiger partial charge in [-0.05, 0) is 30.5 Å². The topological polar surface area (TPSA) is 49.3 Å². The maximum atomic E-state index is 12.1. The number of benzene rings is 1. The zero-order chi connectivity index (χ0) is 11.9. The Morgan fingerprint density at radius 3 is 2.76 bits per heavy atom.